The highest BCUT2D eigenvalue weighted by atomic mass is 16.5. The largest absolute Gasteiger partial charge is 0.497 e. The number of hydrogen-bond acceptors (Lipinski definition) is 9. The monoisotopic (exact) mass is 591 g/mol. The number of methoxy groups -OCH3 is 1. The molecule has 0 saturated carbocycles. The Bertz CT molecular complexity index is 1750. The predicted octanol–water partition coefficient (Wildman–Crippen LogP) is 3.09. The highest BCUT2D eigenvalue weighted by Gasteiger charge is 2.53. The number of ether oxygens (including phenoxy) is 3. The third kappa shape index (κ3) is 4.62. The van der Waals surface area contributed by atoms with E-state index in [4.69, 9.17) is 19.2 Å². The second-order valence-electron chi connectivity index (χ2n) is 12.4. The summed E-state index contributed by atoms with van der Waals surface area (Å²) in [6.45, 7) is 6.44. The number of aromatic nitrogens is 3. The molecule has 224 valence electrons. The van der Waals surface area contributed by atoms with Crippen LogP contribution < -0.4 is 14.4 Å². The fourth-order valence-corrected chi connectivity index (χ4v) is 7.19. The van der Waals surface area contributed by atoms with Crippen molar-refractivity contribution in [2.24, 2.45) is 5.41 Å². The maximum Gasteiger partial charge on any atom is 0.253 e. The van der Waals surface area contributed by atoms with Gasteiger partial charge in [0.1, 0.15) is 30.0 Å². The molecule has 0 unspecified atom stereocenters. The predicted molar refractivity (Wildman–Crippen MR) is 162 cm³/mol. The number of amides is 1. The summed E-state index contributed by atoms with van der Waals surface area (Å²) < 4.78 is 18.8. The van der Waals surface area contributed by atoms with Crippen LogP contribution in [0.3, 0.4) is 0 Å². The van der Waals surface area contributed by atoms with Crippen LogP contribution in [-0.2, 0) is 4.74 Å². The maximum atomic E-state index is 12.9. The molecule has 2 bridgehead atoms. The molecule has 0 radical (unpaired) electrons. The Kier molecular flexibility index (Phi) is 6.43. The summed E-state index contributed by atoms with van der Waals surface area (Å²) >= 11 is 0. The fourth-order valence-electron chi connectivity index (χ4n) is 7.19. The van der Waals surface area contributed by atoms with E-state index in [-0.39, 0.29) is 11.3 Å². The van der Waals surface area contributed by atoms with Gasteiger partial charge in [-0.1, -0.05) is 0 Å². The lowest BCUT2D eigenvalue weighted by molar-refractivity contribution is -0.0107. The molecule has 1 aromatic carbocycles. The van der Waals surface area contributed by atoms with Crippen LogP contribution in [-0.4, -0.2) is 102 Å². The summed E-state index contributed by atoms with van der Waals surface area (Å²) in [4.78, 5) is 24.3. The van der Waals surface area contributed by atoms with Gasteiger partial charge in [-0.25, -0.2) is 9.50 Å². The van der Waals surface area contributed by atoms with Crippen LogP contribution in [0.2, 0.25) is 0 Å². The van der Waals surface area contributed by atoms with Crippen molar-refractivity contribution in [1.82, 2.24) is 24.4 Å². The van der Waals surface area contributed by atoms with E-state index in [1.165, 1.54) is 0 Å². The Morgan fingerprint density at radius 2 is 1.95 bits per heavy atom. The molecule has 0 N–H and O–H groups in total. The van der Waals surface area contributed by atoms with Gasteiger partial charge < -0.3 is 24.0 Å². The standard InChI is InChI=1S/C33H33N7O4/c1-42-26-5-2-22(3-6-26)32(41)39-20-33(21-39)18-38(19-33)30-7-4-23(13-35-30)29-11-28(16-40-31(29)24(12-34)14-36-40)43-9-8-37-15-27-10-25(37)17-44-27/h2-7,11,13-14,16,25,27H,8-10,15,17-21H2,1H3/t25-,27-/m0/s1. The van der Waals surface area contributed by atoms with Crippen molar-refractivity contribution in [2.45, 2.75) is 18.6 Å². The Morgan fingerprint density at radius 3 is 2.64 bits per heavy atom. The molecule has 7 heterocycles. The van der Waals surface area contributed by atoms with Crippen molar-refractivity contribution in [3.63, 3.8) is 0 Å². The van der Waals surface area contributed by atoms with E-state index in [1.807, 2.05) is 59.8 Å². The third-order valence-corrected chi connectivity index (χ3v) is 9.48. The lowest BCUT2D eigenvalue weighted by Gasteiger charge is -2.60. The van der Waals surface area contributed by atoms with Crippen LogP contribution in [0, 0.1) is 16.7 Å². The van der Waals surface area contributed by atoms with Gasteiger partial charge in [0.2, 0.25) is 0 Å². The molecule has 1 amide bonds. The molecule has 0 aliphatic carbocycles. The Morgan fingerprint density at radius 1 is 1.11 bits per heavy atom. The first-order valence-corrected chi connectivity index (χ1v) is 15.1. The first-order chi connectivity index (χ1) is 21.5. The molecule has 4 aliphatic heterocycles. The maximum absolute atomic E-state index is 12.9. The van der Waals surface area contributed by atoms with Gasteiger partial charge in [0.05, 0.1) is 43.3 Å². The third-order valence-electron chi connectivity index (χ3n) is 9.48. The van der Waals surface area contributed by atoms with E-state index in [0.29, 0.717) is 35.6 Å². The van der Waals surface area contributed by atoms with E-state index in [0.717, 1.165) is 80.5 Å². The number of rotatable bonds is 8. The van der Waals surface area contributed by atoms with Crippen molar-refractivity contribution < 1.29 is 19.0 Å². The number of benzene rings is 1. The van der Waals surface area contributed by atoms with Crippen molar-refractivity contribution in [3.8, 4) is 28.7 Å². The molecule has 2 atom stereocenters. The summed E-state index contributed by atoms with van der Waals surface area (Å²) in [5, 5.41) is 14.2. The van der Waals surface area contributed by atoms with E-state index in [9.17, 15) is 10.1 Å². The van der Waals surface area contributed by atoms with Gasteiger partial charge in [0, 0.05) is 73.6 Å². The zero-order chi connectivity index (χ0) is 29.8. The minimum Gasteiger partial charge on any atom is -0.497 e. The summed E-state index contributed by atoms with van der Waals surface area (Å²) in [5.74, 6) is 2.41. The summed E-state index contributed by atoms with van der Waals surface area (Å²) in [5.41, 5.74) is 3.81. The second kappa shape index (κ2) is 10.5. The lowest BCUT2D eigenvalue weighted by Crippen LogP contribution is -2.73. The van der Waals surface area contributed by atoms with Crippen LogP contribution >= 0.6 is 0 Å². The number of nitrogens with zero attached hydrogens (tertiary/aromatic N) is 7. The molecule has 4 saturated heterocycles. The minimum absolute atomic E-state index is 0.0611. The SMILES string of the molecule is COc1ccc(C(=O)N2CC3(C2)CN(c2ccc(-c4cc(OCCN5C[C@@H]6C[C@H]5CO6)cn5ncc(C#N)c45)cn2)C3)cc1. The van der Waals surface area contributed by atoms with Crippen LogP contribution in [0.4, 0.5) is 5.82 Å². The number of anilines is 1. The van der Waals surface area contributed by atoms with Gasteiger partial charge in [-0.3, -0.25) is 9.69 Å². The average molecular weight is 592 g/mol. The van der Waals surface area contributed by atoms with Crippen LogP contribution in [0.1, 0.15) is 22.3 Å². The van der Waals surface area contributed by atoms with Gasteiger partial charge in [0.15, 0.2) is 0 Å². The molecule has 11 heteroatoms. The molecule has 44 heavy (non-hydrogen) atoms. The number of hydrogen-bond donors (Lipinski definition) is 0. The number of morpholine rings is 1. The zero-order valence-electron chi connectivity index (χ0n) is 24.6. The smallest absolute Gasteiger partial charge is 0.253 e. The van der Waals surface area contributed by atoms with Crippen LogP contribution in [0.25, 0.3) is 16.6 Å². The Labute approximate surface area is 255 Å². The number of nitriles is 1. The number of pyridine rings is 2. The van der Waals surface area contributed by atoms with Crippen LogP contribution in [0.15, 0.2) is 61.1 Å². The van der Waals surface area contributed by atoms with Crippen molar-refractivity contribution in [3.05, 3.63) is 72.2 Å². The molecule has 8 rings (SSSR count). The normalized spacial score (nSPS) is 21.7. The van der Waals surface area contributed by atoms with Gasteiger partial charge in [-0.2, -0.15) is 10.4 Å². The van der Waals surface area contributed by atoms with Crippen molar-refractivity contribution in [2.75, 3.05) is 64.5 Å². The molecular formula is C33H33N7O4. The number of fused-ring (bicyclic) bond motifs is 3. The molecule has 4 fully saturated rings. The molecule has 4 aromatic rings. The molecule has 11 nitrogen and oxygen atoms in total. The highest BCUT2D eigenvalue weighted by molar-refractivity contribution is 5.95. The zero-order valence-corrected chi connectivity index (χ0v) is 24.6. The van der Waals surface area contributed by atoms with E-state index >= 15 is 0 Å². The second-order valence-corrected chi connectivity index (χ2v) is 12.4. The van der Waals surface area contributed by atoms with E-state index in [1.54, 1.807) is 17.8 Å². The Balaban J connectivity index is 0.926. The average Bonchev–Trinajstić information content (AvgIpc) is 3.76. The van der Waals surface area contributed by atoms with E-state index in [2.05, 4.69) is 21.0 Å². The van der Waals surface area contributed by atoms with Crippen LogP contribution in [0.5, 0.6) is 11.5 Å². The van der Waals surface area contributed by atoms with Gasteiger partial charge in [-0.15, -0.1) is 0 Å². The van der Waals surface area contributed by atoms with Gasteiger partial charge in [-0.05, 0) is 48.9 Å². The van der Waals surface area contributed by atoms with Gasteiger partial charge in [0.25, 0.3) is 5.91 Å². The molecule has 4 aliphatic rings. The molecule has 3 aromatic heterocycles. The van der Waals surface area contributed by atoms with Crippen molar-refractivity contribution >= 4 is 17.2 Å². The first-order valence-electron chi connectivity index (χ1n) is 15.1. The summed E-state index contributed by atoms with van der Waals surface area (Å²) in [7, 11) is 1.62. The highest BCUT2D eigenvalue weighted by Crippen LogP contribution is 2.42. The fraction of sp³-hybridized carbons (Fsp3) is 0.394. The number of carbonyl (C=O) groups excluding carboxylic acids is 1. The Hall–Kier alpha value is -4.66. The summed E-state index contributed by atoms with van der Waals surface area (Å²) in [6.07, 6.45) is 6.76. The molecular weight excluding hydrogens is 558 g/mol. The number of carbonyl (C=O) groups is 1. The lowest BCUT2D eigenvalue weighted by atomic mass is 9.72. The quantitative estimate of drug-likeness (QED) is 0.305. The number of likely N-dealkylation sites (tertiary alicyclic amines) is 2. The molecule has 1 spiro atoms. The topological polar surface area (TPSA) is 108 Å². The first kappa shape index (κ1) is 26.9. The van der Waals surface area contributed by atoms with E-state index < -0.39 is 0 Å². The summed E-state index contributed by atoms with van der Waals surface area (Å²) in [6, 6.07) is 16.1. The van der Waals surface area contributed by atoms with Crippen molar-refractivity contribution in [1.29, 1.82) is 5.26 Å². The minimum atomic E-state index is 0.0611. The van der Waals surface area contributed by atoms with Gasteiger partial charge >= 0.3 is 0 Å².